The fourth-order valence-corrected chi connectivity index (χ4v) is 1.10. The number of anilines is 3. The lowest BCUT2D eigenvalue weighted by molar-refractivity contribution is 0.577. The molecule has 4 nitrogen and oxygen atoms in total. The zero-order chi connectivity index (χ0) is 9.97. The van der Waals surface area contributed by atoms with E-state index in [4.69, 9.17) is 10.2 Å². The maximum atomic E-state index is 5.56. The van der Waals surface area contributed by atoms with Gasteiger partial charge in [0.15, 0.2) is 0 Å². The highest BCUT2D eigenvalue weighted by molar-refractivity contribution is 5.56. The van der Waals surface area contributed by atoms with Crippen LogP contribution in [0.15, 0.2) is 34.9 Å². The number of nitrogens with two attached hydrogens (primary N) is 1. The van der Waals surface area contributed by atoms with Gasteiger partial charge in [-0.3, -0.25) is 0 Å². The van der Waals surface area contributed by atoms with Crippen molar-refractivity contribution in [3.63, 3.8) is 0 Å². The Hall–Kier alpha value is -1.97. The van der Waals surface area contributed by atoms with Crippen LogP contribution in [0, 0.1) is 6.92 Å². The molecule has 0 fully saturated rings. The third-order valence-corrected chi connectivity index (χ3v) is 1.78. The molecule has 0 saturated carbocycles. The van der Waals surface area contributed by atoms with Crippen LogP contribution in [-0.2, 0) is 0 Å². The molecule has 0 bridgehead atoms. The molecule has 0 atom stereocenters. The van der Waals surface area contributed by atoms with Crippen molar-refractivity contribution in [2.24, 2.45) is 0 Å². The molecule has 14 heavy (non-hydrogen) atoms. The number of aryl methyl sites for hydroxylation is 1. The first-order valence-electron chi connectivity index (χ1n) is 4.29. The number of benzene rings is 1. The summed E-state index contributed by atoms with van der Waals surface area (Å²) in [6.07, 6.45) is 1.60. The molecule has 0 aliphatic carbocycles. The van der Waals surface area contributed by atoms with Crippen LogP contribution in [0.3, 0.4) is 0 Å². The van der Waals surface area contributed by atoms with Gasteiger partial charge in [-0.15, -0.1) is 0 Å². The minimum absolute atomic E-state index is 0.493. The monoisotopic (exact) mass is 189 g/mol. The molecular formula is C10H11N3O. The van der Waals surface area contributed by atoms with Gasteiger partial charge in [-0.1, -0.05) is 0 Å². The Bertz CT molecular complexity index is 419. The molecule has 1 aromatic heterocycles. The van der Waals surface area contributed by atoms with E-state index >= 15 is 0 Å². The molecule has 1 aromatic carbocycles. The van der Waals surface area contributed by atoms with Crippen LogP contribution in [0.5, 0.6) is 0 Å². The third-order valence-electron chi connectivity index (χ3n) is 1.78. The Balaban J connectivity index is 2.15. The predicted molar refractivity (Wildman–Crippen MR) is 55.4 cm³/mol. The molecule has 4 heteroatoms. The van der Waals surface area contributed by atoms with Crippen LogP contribution in [0.2, 0.25) is 0 Å². The molecule has 0 amide bonds. The number of hydrogen-bond acceptors (Lipinski definition) is 4. The van der Waals surface area contributed by atoms with E-state index in [0.29, 0.717) is 6.01 Å². The summed E-state index contributed by atoms with van der Waals surface area (Å²) in [7, 11) is 0. The van der Waals surface area contributed by atoms with Crippen LogP contribution < -0.4 is 11.1 Å². The number of oxazole rings is 1. The summed E-state index contributed by atoms with van der Waals surface area (Å²) in [5, 5.41) is 3.02. The number of nitrogens with one attached hydrogen (secondary N) is 1. The average molecular weight is 189 g/mol. The summed E-state index contributed by atoms with van der Waals surface area (Å²) < 4.78 is 5.14. The van der Waals surface area contributed by atoms with E-state index in [9.17, 15) is 0 Å². The molecule has 0 spiro atoms. The van der Waals surface area contributed by atoms with Crippen LogP contribution in [-0.4, -0.2) is 4.98 Å². The molecule has 3 N–H and O–H groups in total. The van der Waals surface area contributed by atoms with Crippen molar-refractivity contribution in [3.8, 4) is 0 Å². The van der Waals surface area contributed by atoms with Crippen molar-refractivity contribution in [1.82, 2.24) is 4.98 Å². The highest BCUT2D eigenvalue weighted by Crippen LogP contribution is 2.16. The quantitative estimate of drug-likeness (QED) is 0.711. The van der Waals surface area contributed by atoms with Crippen molar-refractivity contribution in [1.29, 1.82) is 0 Å². The zero-order valence-electron chi connectivity index (χ0n) is 7.82. The van der Waals surface area contributed by atoms with E-state index in [1.54, 1.807) is 6.26 Å². The molecule has 0 unspecified atom stereocenters. The molecule has 0 radical (unpaired) electrons. The Morgan fingerprint density at radius 3 is 2.57 bits per heavy atom. The lowest BCUT2D eigenvalue weighted by Crippen LogP contribution is -1.91. The van der Waals surface area contributed by atoms with Crippen LogP contribution in [0.4, 0.5) is 17.4 Å². The second-order valence-electron chi connectivity index (χ2n) is 3.04. The summed E-state index contributed by atoms with van der Waals surface area (Å²) in [6.45, 7) is 1.87. The molecule has 0 aliphatic rings. The van der Waals surface area contributed by atoms with Crippen molar-refractivity contribution in [2.45, 2.75) is 6.92 Å². The molecule has 2 aromatic rings. The van der Waals surface area contributed by atoms with E-state index in [1.807, 2.05) is 31.2 Å². The number of nitrogens with zero attached hydrogens (tertiary/aromatic N) is 1. The van der Waals surface area contributed by atoms with E-state index in [-0.39, 0.29) is 0 Å². The molecular weight excluding hydrogens is 178 g/mol. The Morgan fingerprint density at radius 2 is 2.00 bits per heavy atom. The Morgan fingerprint density at radius 1 is 1.29 bits per heavy atom. The molecule has 0 saturated heterocycles. The first-order valence-corrected chi connectivity index (χ1v) is 4.29. The van der Waals surface area contributed by atoms with Crippen LogP contribution >= 0.6 is 0 Å². The second kappa shape index (κ2) is 3.41. The van der Waals surface area contributed by atoms with E-state index in [0.717, 1.165) is 17.1 Å². The normalized spacial score (nSPS) is 10.1. The van der Waals surface area contributed by atoms with Crippen molar-refractivity contribution in [2.75, 3.05) is 11.1 Å². The van der Waals surface area contributed by atoms with Gasteiger partial charge < -0.3 is 15.5 Å². The van der Waals surface area contributed by atoms with Gasteiger partial charge in [0.05, 0.1) is 5.69 Å². The van der Waals surface area contributed by atoms with Gasteiger partial charge in [0.1, 0.15) is 6.26 Å². The number of nitrogen functional groups attached to an aromatic ring is 1. The van der Waals surface area contributed by atoms with E-state index in [1.165, 1.54) is 0 Å². The van der Waals surface area contributed by atoms with Gasteiger partial charge in [0, 0.05) is 11.4 Å². The summed E-state index contributed by atoms with van der Waals surface area (Å²) >= 11 is 0. The van der Waals surface area contributed by atoms with Crippen molar-refractivity contribution < 1.29 is 4.42 Å². The first kappa shape index (κ1) is 8.62. The minimum atomic E-state index is 0.493. The van der Waals surface area contributed by atoms with Gasteiger partial charge in [-0.05, 0) is 31.2 Å². The molecule has 0 aliphatic heterocycles. The third kappa shape index (κ3) is 1.85. The fourth-order valence-electron chi connectivity index (χ4n) is 1.10. The SMILES string of the molecule is Cc1coc(Nc2ccc(N)cc2)n1. The first-order chi connectivity index (χ1) is 6.74. The van der Waals surface area contributed by atoms with E-state index < -0.39 is 0 Å². The highest BCUT2D eigenvalue weighted by Gasteiger charge is 1.99. The maximum Gasteiger partial charge on any atom is 0.299 e. The Labute approximate surface area is 81.8 Å². The number of rotatable bonds is 2. The van der Waals surface area contributed by atoms with Gasteiger partial charge >= 0.3 is 0 Å². The van der Waals surface area contributed by atoms with Gasteiger partial charge in [-0.2, -0.15) is 4.98 Å². The van der Waals surface area contributed by atoms with Crippen LogP contribution in [0.1, 0.15) is 5.69 Å². The lowest BCUT2D eigenvalue weighted by Gasteiger charge is -2.00. The molecule has 72 valence electrons. The van der Waals surface area contributed by atoms with Gasteiger partial charge in [-0.25, -0.2) is 0 Å². The van der Waals surface area contributed by atoms with Crippen molar-refractivity contribution in [3.05, 3.63) is 36.2 Å². The van der Waals surface area contributed by atoms with Gasteiger partial charge in [0.25, 0.3) is 6.01 Å². The topological polar surface area (TPSA) is 64.1 Å². The largest absolute Gasteiger partial charge is 0.432 e. The Kier molecular flexibility index (Phi) is 2.10. The molecule has 2 rings (SSSR count). The molecule has 1 heterocycles. The summed E-state index contributed by atoms with van der Waals surface area (Å²) in [4.78, 5) is 4.12. The summed E-state index contributed by atoms with van der Waals surface area (Å²) in [5.74, 6) is 0. The zero-order valence-corrected chi connectivity index (χ0v) is 7.82. The summed E-state index contributed by atoms with van der Waals surface area (Å²) in [5.41, 5.74) is 8.05. The fraction of sp³-hybridized carbons (Fsp3) is 0.100. The second-order valence-corrected chi connectivity index (χ2v) is 3.04. The standard InChI is InChI=1S/C10H11N3O/c1-7-6-14-10(12-7)13-9-4-2-8(11)3-5-9/h2-6H,11H2,1H3,(H,12,13). The van der Waals surface area contributed by atoms with E-state index in [2.05, 4.69) is 10.3 Å². The summed E-state index contributed by atoms with van der Waals surface area (Å²) in [6, 6.07) is 7.87. The average Bonchev–Trinajstić information content (AvgIpc) is 2.56. The lowest BCUT2D eigenvalue weighted by atomic mass is 10.3. The van der Waals surface area contributed by atoms with Gasteiger partial charge in [0.2, 0.25) is 0 Å². The van der Waals surface area contributed by atoms with Crippen LogP contribution in [0.25, 0.3) is 0 Å². The highest BCUT2D eigenvalue weighted by atomic mass is 16.4. The predicted octanol–water partition coefficient (Wildman–Crippen LogP) is 2.31. The minimum Gasteiger partial charge on any atom is -0.432 e. The number of aromatic nitrogens is 1. The smallest absolute Gasteiger partial charge is 0.299 e. The number of hydrogen-bond donors (Lipinski definition) is 2. The maximum absolute atomic E-state index is 5.56. The van der Waals surface area contributed by atoms with Crippen molar-refractivity contribution >= 4 is 17.4 Å².